The van der Waals surface area contributed by atoms with Crippen molar-refractivity contribution in [2.45, 2.75) is 206 Å². The third-order valence-corrected chi connectivity index (χ3v) is 9.62. The smallest absolute Gasteiger partial charge is 0.0853 e. The molecule has 4 heteroatoms. The second-order valence-electron chi connectivity index (χ2n) is 21.3. The molecule has 0 radical (unpaired) electrons. The van der Waals surface area contributed by atoms with Crippen LogP contribution in [0.15, 0.2) is 34.9 Å². The summed E-state index contributed by atoms with van der Waals surface area (Å²) in [6, 6.07) is 0. The fourth-order valence-electron chi connectivity index (χ4n) is 7.46. The van der Waals surface area contributed by atoms with E-state index in [9.17, 15) is 0 Å². The van der Waals surface area contributed by atoms with Crippen LogP contribution in [-0.2, 0) is 18.9 Å². The average Bonchev–Trinajstić information content (AvgIpc) is 3.42. The third kappa shape index (κ3) is 15.5. The predicted molar refractivity (Wildman–Crippen MR) is 209 cm³/mol. The van der Waals surface area contributed by atoms with E-state index in [0.29, 0.717) is 23.0 Å². The Bertz CT molecular complexity index is 1110. The van der Waals surface area contributed by atoms with Gasteiger partial charge in [0.2, 0.25) is 0 Å². The van der Waals surface area contributed by atoms with Crippen molar-refractivity contribution >= 4 is 0 Å². The molecule has 0 aromatic rings. The van der Waals surface area contributed by atoms with E-state index < -0.39 is 0 Å². The molecule has 0 bridgehead atoms. The molecule has 0 aromatic heterocycles. The lowest BCUT2D eigenvalue weighted by Gasteiger charge is -2.43. The van der Waals surface area contributed by atoms with Crippen molar-refractivity contribution in [2.24, 2.45) is 27.6 Å². The normalized spacial score (nSPS) is 27.9. The van der Waals surface area contributed by atoms with E-state index in [1.54, 1.807) is 0 Å². The van der Waals surface area contributed by atoms with E-state index in [0.717, 1.165) is 32.0 Å². The van der Waals surface area contributed by atoms with E-state index >= 15 is 0 Å². The van der Waals surface area contributed by atoms with Crippen LogP contribution in [-0.4, -0.2) is 47.8 Å². The first kappa shape index (κ1) is 45.1. The Kier molecular flexibility index (Phi) is 14.8. The second-order valence-corrected chi connectivity index (χ2v) is 21.3. The van der Waals surface area contributed by atoms with Gasteiger partial charge in [-0.2, -0.15) is 0 Å². The van der Waals surface area contributed by atoms with E-state index in [4.69, 9.17) is 18.9 Å². The summed E-state index contributed by atoms with van der Waals surface area (Å²) in [5, 5.41) is 0. The van der Waals surface area contributed by atoms with Crippen molar-refractivity contribution < 1.29 is 18.9 Å². The molecule has 4 aliphatic heterocycles. The van der Waals surface area contributed by atoms with Gasteiger partial charge < -0.3 is 18.9 Å². The highest BCUT2D eigenvalue weighted by molar-refractivity contribution is 5.29. The topological polar surface area (TPSA) is 36.9 Å². The maximum atomic E-state index is 6.01. The van der Waals surface area contributed by atoms with Gasteiger partial charge in [-0.3, -0.25) is 0 Å². The maximum absolute atomic E-state index is 6.01. The van der Waals surface area contributed by atoms with Gasteiger partial charge in [0.15, 0.2) is 0 Å². The minimum atomic E-state index is -0.121. The Hall–Kier alpha value is -0.940. The molecule has 0 N–H and O–H groups in total. The van der Waals surface area contributed by atoms with Crippen LogP contribution in [0, 0.1) is 27.6 Å². The molecule has 1 saturated heterocycles. The summed E-state index contributed by atoms with van der Waals surface area (Å²) in [7, 11) is 0. The summed E-state index contributed by atoms with van der Waals surface area (Å²) < 4.78 is 22.9. The molecule has 0 saturated carbocycles. The molecule has 0 spiro atoms. The Labute approximate surface area is 300 Å². The van der Waals surface area contributed by atoms with Crippen LogP contribution in [0.2, 0.25) is 0 Å². The lowest BCUT2D eigenvalue weighted by Crippen LogP contribution is -2.41. The number of rotatable bonds is 0. The largest absolute Gasteiger partial charge is 0.381 e. The Balaban J connectivity index is 0.000000323. The summed E-state index contributed by atoms with van der Waals surface area (Å²) in [5.41, 5.74) is 5.33. The van der Waals surface area contributed by atoms with Crippen molar-refractivity contribution in [2.75, 3.05) is 13.2 Å². The van der Waals surface area contributed by atoms with Crippen LogP contribution >= 0.6 is 0 Å². The van der Waals surface area contributed by atoms with Gasteiger partial charge in [0.05, 0.1) is 34.6 Å². The van der Waals surface area contributed by atoms with Gasteiger partial charge in [-0.15, -0.1) is 0 Å². The Morgan fingerprint density at radius 3 is 1.44 bits per heavy atom. The summed E-state index contributed by atoms with van der Waals surface area (Å²) in [5.74, 6) is 0.789. The summed E-state index contributed by atoms with van der Waals surface area (Å²) in [4.78, 5) is 0. The molecule has 4 aliphatic rings. The van der Waals surface area contributed by atoms with Crippen molar-refractivity contribution in [1.29, 1.82) is 0 Å². The highest BCUT2D eigenvalue weighted by Crippen LogP contribution is 2.45. The van der Waals surface area contributed by atoms with E-state index in [1.807, 2.05) is 0 Å². The monoisotopic (exact) mass is 675 g/mol. The molecule has 0 aromatic carbocycles. The molecule has 1 fully saturated rings. The zero-order chi connectivity index (χ0) is 37.9. The Morgan fingerprint density at radius 1 is 0.646 bits per heavy atom. The van der Waals surface area contributed by atoms with E-state index in [2.05, 4.69) is 171 Å². The summed E-state index contributed by atoms with van der Waals surface area (Å²) in [6.07, 6.45) is 10.9. The van der Waals surface area contributed by atoms with Gasteiger partial charge in [0.25, 0.3) is 0 Å². The van der Waals surface area contributed by atoms with Gasteiger partial charge in [0.1, 0.15) is 0 Å². The van der Waals surface area contributed by atoms with Crippen LogP contribution in [0.3, 0.4) is 0 Å². The molecular formula is C44H82O4. The van der Waals surface area contributed by atoms with Crippen molar-refractivity contribution in [3.8, 4) is 0 Å². The van der Waals surface area contributed by atoms with Crippen LogP contribution in [0.5, 0.6) is 0 Å². The molecule has 0 aliphatic carbocycles. The standard InChI is InChI=1S/C13H24O.C12H22O.C11H20O.C8H16O/c1-11(2,3)10-8-12(4,5)14-13(6,7)9-10;1-10(2,3)9-8-11(4,5)13-12(9,6)7;1-8-6-10(11(3,4)5)7-9(2)12-8;1-8(2,3)7-4-5-9-6-7/h8H,9H2,1-7H3;8H,1-7H3;6,8-9H,7H2,1-5H3;7H,4-6H2,1-3H3/t;;8-,9-;/m..1./s1. The van der Waals surface area contributed by atoms with Crippen molar-refractivity contribution in [1.82, 2.24) is 0 Å². The summed E-state index contributed by atoms with van der Waals surface area (Å²) >= 11 is 0. The average molecular weight is 675 g/mol. The van der Waals surface area contributed by atoms with Gasteiger partial charge in [-0.1, -0.05) is 112 Å². The van der Waals surface area contributed by atoms with Crippen LogP contribution < -0.4 is 0 Å². The molecular weight excluding hydrogens is 592 g/mol. The molecule has 282 valence electrons. The van der Waals surface area contributed by atoms with E-state index in [-0.39, 0.29) is 33.2 Å². The number of hydrogen-bond acceptors (Lipinski definition) is 4. The molecule has 0 amide bonds. The summed E-state index contributed by atoms with van der Waals surface area (Å²) in [6.45, 7) is 50.6. The zero-order valence-electron chi connectivity index (χ0n) is 36.1. The van der Waals surface area contributed by atoms with Gasteiger partial charge in [0, 0.05) is 13.2 Å². The van der Waals surface area contributed by atoms with E-state index in [1.165, 1.54) is 23.1 Å². The predicted octanol–water partition coefficient (Wildman–Crippen LogP) is 12.7. The molecule has 4 rings (SSSR count). The lowest BCUT2D eigenvalue weighted by molar-refractivity contribution is -0.109. The Morgan fingerprint density at radius 2 is 1.15 bits per heavy atom. The highest BCUT2D eigenvalue weighted by Gasteiger charge is 2.43. The number of ether oxygens (including phenoxy) is 4. The maximum Gasteiger partial charge on any atom is 0.0853 e. The first-order valence-corrected chi connectivity index (χ1v) is 18.9. The lowest BCUT2D eigenvalue weighted by atomic mass is 9.76. The quantitative estimate of drug-likeness (QED) is 0.240. The van der Waals surface area contributed by atoms with Gasteiger partial charge >= 0.3 is 0 Å². The third-order valence-electron chi connectivity index (χ3n) is 9.62. The first-order chi connectivity index (χ1) is 21.1. The van der Waals surface area contributed by atoms with Crippen LogP contribution in [0.25, 0.3) is 0 Å². The molecule has 48 heavy (non-hydrogen) atoms. The molecule has 1 unspecified atom stereocenters. The number of hydrogen-bond donors (Lipinski definition) is 0. The molecule has 4 heterocycles. The zero-order valence-corrected chi connectivity index (χ0v) is 36.1. The highest BCUT2D eigenvalue weighted by atomic mass is 16.5. The van der Waals surface area contributed by atoms with Crippen molar-refractivity contribution in [3.05, 3.63) is 34.9 Å². The second kappa shape index (κ2) is 15.7. The van der Waals surface area contributed by atoms with Crippen LogP contribution in [0.1, 0.15) is 172 Å². The molecule has 4 nitrogen and oxygen atoms in total. The fraction of sp³-hybridized carbons (Fsp3) is 0.864. The fourth-order valence-corrected chi connectivity index (χ4v) is 7.46. The first-order valence-electron chi connectivity index (χ1n) is 18.9. The molecule has 3 atom stereocenters. The van der Waals surface area contributed by atoms with Gasteiger partial charge in [-0.25, -0.2) is 0 Å². The van der Waals surface area contributed by atoms with Crippen molar-refractivity contribution in [3.63, 3.8) is 0 Å². The minimum Gasteiger partial charge on any atom is -0.381 e. The minimum absolute atomic E-state index is 0.0269. The SMILES string of the molecule is CC(C)(C)C1CCOC1.CC1(C)C=C(C(C)(C)C)C(C)(C)O1.CC1(C)C=C(C(C)(C)C)CC(C)(C)O1.C[C@@H]1C=C(C(C)(C)C)C[C@@H](C)O1. The van der Waals surface area contributed by atoms with Gasteiger partial charge in [-0.05, 0) is 122 Å². The van der Waals surface area contributed by atoms with Crippen LogP contribution in [0.4, 0.5) is 0 Å².